The molecule has 0 unspecified atom stereocenters. The number of azide groups is 1. The monoisotopic (exact) mass is 1810 g/mol. The molecular weight excluding hydrogens is 1690 g/mol. The summed E-state index contributed by atoms with van der Waals surface area (Å²) in [4.78, 5) is 261. The van der Waals surface area contributed by atoms with Gasteiger partial charge in [-0.25, -0.2) is 19.1 Å². The van der Waals surface area contributed by atoms with Crippen molar-refractivity contribution < 1.29 is 95.7 Å². The summed E-state index contributed by atoms with van der Waals surface area (Å²) in [5.41, 5.74) is 9.39. The van der Waals surface area contributed by atoms with Gasteiger partial charge in [0.25, 0.3) is 0 Å². The second-order valence-electron chi connectivity index (χ2n) is 34.6. The first-order valence-corrected chi connectivity index (χ1v) is 45.1. The van der Waals surface area contributed by atoms with E-state index in [1.165, 1.54) is 78.1 Å². The zero-order chi connectivity index (χ0) is 92.4. The van der Waals surface area contributed by atoms with E-state index < -0.39 is 187 Å². The number of ether oxygens (including phenoxy) is 3. The van der Waals surface area contributed by atoms with Crippen molar-refractivity contribution in [2.24, 2.45) is 5.11 Å². The molecule has 11 fully saturated rings. The Hall–Kier alpha value is -13.0. The van der Waals surface area contributed by atoms with Crippen LogP contribution in [0.2, 0.25) is 0 Å². The average Bonchev–Trinajstić information content (AvgIpc) is 1.62. The van der Waals surface area contributed by atoms with Gasteiger partial charge in [-0.1, -0.05) is 53.5 Å². The molecule has 11 aliphatic rings. The van der Waals surface area contributed by atoms with Crippen molar-refractivity contribution in [1.82, 2.24) is 110 Å². The van der Waals surface area contributed by atoms with Crippen molar-refractivity contribution >= 4 is 101 Å². The molecule has 45 heteroatoms. The molecule has 0 bridgehead atoms. The first kappa shape index (κ1) is 94.6. The fourth-order valence-corrected chi connectivity index (χ4v) is 20.3. The van der Waals surface area contributed by atoms with Crippen molar-refractivity contribution in [2.75, 3.05) is 98.4 Å². The first-order valence-electron chi connectivity index (χ1n) is 45.1. The van der Waals surface area contributed by atoms with Crippen LogP contribution < -0.4 is 26.6 Å². The van der Waals surface area contributed by atoms with E-state index in [-0.39, 0.29) is 173 Å². The van der Waals surface area contributed by atoms with Crippen LogP contribution in [-0.2, 0) is 108 Å². The highest BCUT2D eigenvalue weighted by molar-refractivity contribution is 6.01. The number of nitrogens with one attached hydrogen (secondary N) is 5. The van der Waals surface area contributed by atoms with Crippen LogP contribution >= 0.6 is 0 Å². The quantitative estimate of drug-likeness (QED) is 0.0146. The van der Waals surface area contributed by atoms with Gasteiger partial charge in [0.1, 0.15) is 105 Å². The smallest absolute Gasteiger partial charge is 0.407 e. The van der Waals surface area contributed by atoms with E-state index in [4.69, 9.17) is 26.2 Å². The maximum absolute atomic E-state index is 15.6. The lowest BCUT2D eigenvalue weighted by Gasteiger charge is -2.37. The molecule has 2 aromatic rings. The van der Waals surface area contributed by atoms with Crippen molar-refractivity contribution in [2.45, 2.75) is 258 Å². The van der Waals surface area contributed by atoms with Gasteiger partial charge in [-0.2, -0.15) is 0 Å². The molecule has 13 heterocycles. The van der Waals surface area contributed by atoms with Gasteiger partial charge in [-0.3, -0.25) is 71.8 Å². The van der Waals surface area contributed by atoms with Gasteiger partial charge in [0, 0.05) is 103 Å². The Balaban J connectivity index is 0.652. The number of alkyl carbamates (subject to hydrolysis) is 3. The fourth-order valence-electron chi connectivity index (χ4n) is 20.3. The van der Waals surface area contributed by atoms with E-state index in [9.17, 15) is 47.9 Å². The summed E-state index contributed by atoms with van der Waals surface area (Å²) in [5.74, 6) is -4.41. The van der Waals surface area contributed by atoms with Crippen LogP contribution in [0.15, 0.2) is 55.5 Å². The molecule has 0 aromatic carbocycles. The van der Waals surface area contributed by atoms with Crippen LogP contribution in [0.5, 0.6) is 0 Å². The van der Waals surface area contributed by atoms with Crippen molar-refractivity contribution in [3.8, 4) is 12.3 Å². The third-order valence-electron chi connectivity index (χ3n) is 26.3. The van der Waals surface area contributed by atoms with Crippen LogP contribution in [0.25, 0.3) is 10.4 Å². The third-order valence-corrected chi connectivity index (χ3v) is 26.3. The van der Waals surface area contributed by atoms with Gasteiger partial charge in [0.2, 0.25) is 76.8 Å². The summed E-state index contributed by atoms with van der Waals surface area (Å²) in [6.45, 7) is 10.5. The SMILES string of the molecule is C#CCCC(=O)[C@@H]1CCCN1C(=O)CCCn1cc(CNC(=O)[C@@H]2CCCN2C(=O)[C@@H]2CCCN2C(=O)[C@@H]2C[C@@H](NC(=O)OCC=C)CN2C(=O)[C@@H]2CCCN2C(=O)[C@@H]2CCCN2C(=O)[C@@H]2C[C@@H](NC(=O)OCC=C)CN2C(=O)[C@@H]2CCCN2C(=O)[C@@H]2CCCN2C(=O)[C@@H]2C[C@@H](NC(=O)OCC=C)CN2C(=O)Cn2cc(CNC(=O)[C@@H]3CCCN3C(=O)CN=[N+]=[N-])nn2)nn1. The molecule has 16 amide bonds. The Bertz CT molecular complexity index is 4750. The number of nitrogens with zero attached hydrogens (tertiary/aromatic N) is 20. The van der Waals surface area contributed by atoms with E-state index in [1.54, 1.807) is 15.8 Å². The van der Waals surface area contributed by atoms with Crippen molar-refractivity contribution in [3.63, 3.8) is 0 Å². The minimum atomic E-state index is -1.32. The standard InChI is InChI=1S/C85H115N25O20/c1-5-9-27-69(111)58-19-10-30-100(58)70(112)28-18-29-98-47-56(93-96-98)44-88-74(116)60-21-12-32-102(60)75(117)61-22-13-36-106(61)81(123)67-42-54(91-84(126)129-39-7-3)50-109(67)79(121)65-26-17-34-104(65)77(119)63-24-15-37-107(63)82(124)68-43-55(92-85(127)130-40-8-4)51-110(68)78(120)64-25-16-33-103(64)76(118)62-23-14-35-105(62)80(122)66-41-53(90-83(125)128-38-6-2)49-108(66)72(114)52-99-48-57(94-97-99)45-87-73(115)59-20-11-31-101(59)71(113)46-89-95-86/h1,6-8,47-48,53-55,58-68H,2-4,9-46,49-52H2,(H,87,115)(H,88,116)(H,90,125)(H,91,126)(H,92,127)/t53-,54-,55-,58+,59+,60+,61+,62+,63+,64+,65+,66+,67+,68+/m1/s1. The Morgan fingerprint density at radius 2 is 0.754 bits per heavy atom. The molecule has 11 saturated heterocycles. The van der Waals surface area contributed by atoms with Crippen LogP contribution in [-0.4, -0.2) is 368 Å². The van der Waals surface area contributed by atoms with Gasteiger partial charge in [0.05, 0.1) is 49.7 Å². The lowest BCUT2D eigenvalue weighted by molar-refractivity contribution is -0.155. The highest BCUT2D eigenvalue weighted by atomic mass is 16.6. The highest BCUT2D eigenvalue weighted by Gasteiger charge is 2.55. The molecule has 14 atom stereocenters. The zero-order valence-corrected chi connectivity index (χ0v) is 73.0. The highest BCUT2D eigenvalue weighted by Crippen LogP contribution is 2.37. The molecule has 11 aliphatic heterocycles. The molecule has 5 N–H and O–H groups in total. The van der Waals surface area contributed by atoms with Gasteiger partial charge < -0.3 is 94.7 Å². The maximum atomic E-state index is 15.6. The lowest BCUT2D eigenvalue weighted by Crippen LogP contribution is -2.59. The fraction of sp³-hybridized carbons (Fsp3) is 0.659. The molecule has 0 aliphatic carbocycles. The number of likely N-dealkylation sites (tertiary alicyclic amines) is 11. The maximum Gasteiger partial charge on any atom is 0.407 e. The Morgan fingerprint density at radius 3 is 1.15 bits per heavy atom. The number of carbonyl (C=O) groups is 17. The number of Topliss-reactive ketones (excluding diaryl/α,β-unsaturated/α-hetero) is 1. The predicted molar refractivity (Wildman–Crippen MR) is 454 cm³/mol. The van der Waals surface area contributed by atoms with Crippen LogP contribution in [0.3, 0.4) is 0 Å². The molecular formula is C85H115N25O20. The summed E-state index contributed by atoms with van der Waals surface area (Å²) >= 11 is 0. The van der Waals surface area contributed by atoms with Gasteiger partial charge in [-0.15, -0.1) is 22.5 Å². The molecule has 2 aromatic heterocycles. The summed E-state index contributed by atoms with van der Waals surface area (Å²) < 4.78 is 18.5. The Morgan fingerprint density at radius 1 is 0.423 bits per heavy atom. The number of hydrogen-bond acceptors (Lipinski definition) is 25. The van der Waals surface area contributed by atoms with E-state index in [0.717, 1.165) is 6.42 Å². The van der Waals surface area contributed by atoms with E-state index in [2.05, 4.69) is 82.9 Å². The molecule has 700 valence electrons. The van der Waals surface area contributed by atoms with E-state index in [1.807, 2.05) is 0 Å². The molecule has 0 saturated carbocycles. The van der Waals surface area contributed by atoms with Crippen molar-refractivity contribution in [1.29, 1.82) is 0 Å². The number of amides is 16. The minimum absolute atomic E-state index is 0.0215. The van der Waals surface area contributed by atoms with E-state index >= 15 is 33.6 Å². The molecule has 13 rings (SSSR count). The number of ketones is 1. The lowest BCUT2D eigenvalue weighted by atomic mass is 10.1. The Kier molecular flexibility index (Phi) is 31.9. The summed E-state index contributed by atoms with van der Waals surface area (Å²) in [6, 6.07) is -14.2. The number of carbonyl (C=O) groups excluding carboxylic acids is 17. The molecule has 0 radical (unpaired) electrons. The topological polar surface area (TPSA) is 524 Å². The number of rotatable bonds is 34. The normalized spacial score (nSPS) is 25.7. The van der Waals surface area contributed by atoms with E-state index in [0.29, 0.717) is 102 Å². The van der Waals surface area contributed by atoms with Gasteiger partial charge in [-0.05, 0) is 134 Å². The molecule has 130 heavy (non-hydrogen) atoms. The summed E-state index contributed by atoms with van der Waals surface area (Å²) in [5, 5.41) is 33.8. The minimum Gasteiger partial charge on any atom is -0.445 e. The second kappa shape index (κ2) is 43.8. The van der Waals surface area contributed by atoms with Gasteiger partial charge in [0.15, 0.2) is 5.78 Å². The van der Waals surface area contributed by atoms with Crippen LogP contribution in [0, 0.1) is 12.3 Å². The summed E-state index contributed by atoms with van der Waals surface area (Å²) in [6.07, 6.45) is 16.5. The van der Waals surface area contributed by atoms with Crippen LogP contribution in [0.1, 0.15) is 159 Å². The van der Waals surface area contributed by atoms with Crippen LogP contribution in [0.4, 0.5) is 14.4 Å². The number of terminal acetylenes is 1. The number of aryl methyl sites for hydroxylation is 1. The largest absolute Gasteiger partial charge is 0.445 e. The second-order valence-corrected chi connectivity index (χ2v) is 34.6. The van der Waals surface area contributed by atoms with Crippen molar-refractivity contribution in [3.05, 3.63) is 72.2 Å². The number of hydrogen-bond donors (Lipinski definition) is 5. The molecule has 0 spiro atoms. The first-order chi connectivity index (χ1) is 62.8. The zero-order valence-electron chi connectivity index (χ0n) is 73.0. The predicted octanol–water partition coefficient (Wildman–Crippen LogP) is -0.552. The molecule has 45 nitrogen and oxygen atoms in total. The Labute approximate surface area is 750 Å². The third kappa shape index (κ3) is 21.9. The average molecular weight is 1810 g/mol. The summed E-state index contributed by atoms with van der Waals surface area (Å²) in [7, 11) is 0. The van der Waals surface area contributed by atoms with Gasteiger partial charge >= 0.3 is 18.3 Å². The number of aromatic nitrogens is 6.